The number of ether oxygens (including phenoxy) is 3. The van der Waals surface area contributed by atoms with Crippen LogP contribution in [0.5, 0.6) is 23.0 Å². The van der Waals surface area contributed by atoms with Gasteiger partial charge in [-0.2, -0.15) is 0 Å². The highest BCUT2D eigenvalue weighted by atomic mass is 19.1. The first-order chi connectivity index (χ1) is 15.9. The Morgan fingerprint density at radius 2 is 1.61 bits per heavy atom. The van der Waals surface area contributed by atoms with Crippen LogP contribution in [0.3, 0.4) is 0 Å². The molecule has 0 radical (unpaired) electrons. The third kappa shape index (κ3) is 4.50. The molecule has 1 amide bonds. The molecule has 0 saturated heterocycles. The van der Waals surface area contributed by atoms with Gasteiger partial charge in [0, 0.05) is 12.6 Å². The number of carbonyl (C=O) groups is 2. The Labute approximate surface area is 188 Å². The van der Waals surface area contributed by atoms with Crippen molar-refractivity contribution in [2.45, 2.75) is 6.92 Å². The number of nitrogens with one attached hydrogen (secondary N) is 1. The van der Waals surface area contributed by atoms with Crippen LogP contribution in [-0.4, -0.2) is 26.0 Å². The summed E-state index contributed by atoms with van der Waals surface area (Å²) in [5, 5.41) is 2.88. The van der Waals surface area contributed by atoms with E-state index in [2.05, 4.69) is 5.32 Å². The normalized spacial score (nSPS) is 10.7. The molecule has 8 heteroatoms. The fourth-order valence-electron chi connectivity index (χ4n) is 3.29. The first-order valence-corrected chi connectivity index (χ1v) is 9.98. The molecule has 4 rings (SSSR count). The quantitative estimate of drug-likeness (QED) is 0.366. The van der Waals surface area contributed by atoms with Gasteiger partial charge in [-0.15, -0.1) is 0 Å². The Kier molecular flexibility index (Phi) is 5.99. The van der Waals surface area contributed by atoms with Crippen LogP contribution in [-0.2, 0) is 0 Å². The van der Waals surface area contributed by atoms with Crippen molar-refractivity contribution in [3.8, 4) is 34.3 Å². The van der Waals surface area contributed by atoms with Gasteiger partial charge in [-0.3, -0.25) is 4.79 Å². The van der Waals surface area contributed by atoms with Gasteiger partial charge in [0.05, 0.1) is 18.1 Å². The zero-order valence-corrected chi connectivity index (χ0v) is 18.1. The summed E-state index contributed by atoms with van der Waals surface area (Å²) in [6, 6.07) is 15.7. The molecule has 0 saturated carbocycles. The van der Waals surface area contributed by atoms with Gasteiger partial charge in [0.25, 0.3) is 0 Å². The van der Waals surface area contributed by atoms with Crippen LogP contribution in [0, 0.1) is 5.82 Å². The topological polar surface area (TPSA) is 87.0 Å². The SMILES string of the molecule is CNC(=O)Oc1c(-c2ccc(Oc3ccc(F)cc3)cc2)oc2cc(C(C)=O)c(OC)cc12. The number of rotatable bonds is 6. The van der Waals surface area contributed by atoms with Crippen LogP contribution < -0.4 is 19.5 Å². The second-order valence-electron chi connectivity index (χ2n) is 7.09. The first kappa shape index (κ1) is 21.9. The molecule has 168 valence electrons. The molecular weight excluding hydrogens is 429 g/mol. The Bertz CT molecular complexity index is 1330. The molecule has 0 aliphatic heterocycles. The molecule has 0 unspecified atom stereocenters. The molecule has 1 heterocycles. The Hall–Kier alpha value is -4.33. The highest BCUT2D eigenvalue weighted by Crippen LogP contribution is 2.43. The summed E-state index contributed by atoms with van der Waals surface area (Å²) in [5.74, 6) is 1.29. The van der Waals surface area contributed by atoms with E-state index >= 15 is 0 Å². The predicted octanol–water partition coefficient (Wildman–Crippen LogP) is 5.96. The van der Waals surface area contributed by atoms with Crippen molar-refractivity contribution < 1.29 is 32.6 Å². The molecule has 0 bridgehead atoms. The second kappa shape index (κ2) is 9.04. The van der Waals surface area contributed by atoms with Crippen molar-refractivity contribution in [2.24, 2.45) is 0 Å². The van der Waals surface area contributed by atoms with Gasteiger partial charge >= 0.3 is 6.09 Å². The van der Waals surface area contributed by atoms with Gasteiger partial charge in [-0.25, -0.2) is 9.18 Å². The van der Waals surface area contributed by atoms with Crippen molar-refractivity contribution in [1.29, 1.82) is 0 Å². The van der Waals surface area contributed by atoms with E-state index in [-0.39, 0.29) is 17.3 Å². The van der Waals surface area contributed by atoms with Crippen LogP contribution in [0.4, 0.5) is 9.18 Å². The summed E-state index contributed by atoms with van der Waals surface area (Å²) < 4.78 is 35.6. The maximum atomic E-state index is 13.1. The highest BCUT2D eigenvalue weighted by Gasteiger charge is 2.23. The molecule has 7 nitrogen and oxygen atoms in total. The fraction of sp³-hybridized carbons (Fsp3) is 0.120. The number of ketones is 1. The lowest BCUT2D eigenvalue weighted by atomic mass is 10.1. The fourth-order valence-corrected chi connectivity index (χ4v) is 3.29. The molecule has 1 aromatic heterocycles. The number of furan rings is 1. The van der Waals surface area contributed by atoms with Crippen molar-refractivity contribution in [2.75, 3.05) is 14.2 Å². The van der Waals surface area contributed by atoms with E-state index in [4.69, 9.17) is 18.6 Å². The molecule has 33 heavy (non-hydrogen) atoms. The summed E-state index contributed by atoms with van der Waals surface area (Å²) in [5.41, 5.74) is 1.32. The Balaban J connectivity index is 1.76. The molecule has 1 N–H and O–H groups in total. The van der Waals surface area contributed by atoms with Crippen LogP contribution in [0.2, 0.25) is 0 Å². The molecular formula is C25H20FNO6. The van der Waals surface area contributed by atoms with E-state index in [9.17, 15) is 14.0 Å². The van der Waals surface area contributed by atoms with E-state index in [0.717, 1.165) is 0 Å². The van der Waals surface area contributed by atoms with Gasteiger partial charge in [0.2, 0.25) is 0 Å². The van der Waals surface area contributed by atoms with E-state index in [1.54, 1.807) is 36.4 Å². The lowest BCUT2D eigenvalue weighted by Crippen LogP contribution is -2.22. The minimum Gasteiger partial charge on any atom is -0.496 e. The molecule has 0 spiro atoms. The number of methoxy groups -OCH3 is 1. The highest BCUT2D eigenvalue weighted by molar-refractivity contribution is 6.03. The average Bonchev–Trinajstić information content (AvgIpc) is 3.17. The van der Waals surface area contributed by atoms with Crippen LogP contribution in [0.25, 0.3) is 22.3 Å². The number of fused-ring (bicyclic) bond motifs is 1. The van der Waals surface area contributed by atoms with Crippen LogP contribution in [0.1, 0.15) is 17.3 Å². The van der Waals surface area contributed by atoms with Gasteiger partial charge in [-0.1, -0.05) is 0 Å². The smallest absolute Gasteiger partial charge is 0.412 e. The summed E-state index contributed by atoms with van der Waals surface area (Å²) in [6.45, 7) is 1.43. The summed E-state index contributed by atoms with van der Waals surface area (Å²) >= 11 is 0. The average molecular weight is 449 g/mol. The van der Waals surface area contributed by atoms with Crippen molar-refractivity contribution in [3.63, 3.8) is 0 Å². The molecule has 3 aromatic carbocycles. The van der Waals surface area contributed by atoms with Gasteiger partial charge in [0.15, 0.2) is 17.3 Å². The molecule has 4 aromatic rings. The number of hydrogen-bond acceptors (Lipinski definition) is 6. The minimum absolute atomic E-state index is 0.185. The number of carbonyl (C=O) groups excluding carboxylic acids is 2. The van der Waals surface area contributed by atoms with E-state index < -0.39 is 6.09 Å². The van der Waals surface area contributed by atoms with E-state index in [1.165, 1.54) is 45.3 Å². The predicted molar refractivity (Wildman–Crippen MR) is 120 cm³/mol. The zero-order chi connectivity index (χ0) is 23.5. The third-order valence-corrected chi connectivity index (χ3v) is 4.91. The number of Topliss-reactive ketones (excluding diaryl/α,β-unsaturated/α-hetero) is 1. The molecule has 0 fully saturated rings. The van der Waals surface area contributed by atoms with E-state index in [1.807, 2.05) is 0 Å². The van der Waals surface area contributed by atoms with Gasteiger partial charge in [-0.05, 0) is 67.6 Å². The van der Waals surface area contributed by atoms with Crippen molar-refractivity contribution >= 4 is 22.8 Å². The monoisotopic (exact) mass is 449 g/mol. The molecule has 0 atom stereocenters. The summed E-state index contributed by atoms with van der Waals surface area (Å²) in [4.78, 5) is 24.0. The zero-order valence-electron chi connectivity index (χ0n) is 18.1. The summed E-state index contributed by atoms with van der Waals surface area (Å²) in [7, 11) is 2.90. The maximum Gasteiger partial charge on any atom is 0.412 e. The summed E-state index contributed by atoms with van der Waals surface area (Å²) in [6.07, 6.45) is -0.676. The number of benzene rings is 3. The second-order valence-corrected chi connectivity index (χ2v) is 7.09. The maximum absolute atomic E-state index is 13.1. The lowest BCUT2D eigenvalue weighted by Gasteiger charge is -2.08. The number of halogens is 1. The largest absolute Gasteiger partial charge is 0.496 e. The Morgan fingerprint density at radius 1 is 0.970 bits per heavy atom. The van der Waals surface area contributed by atoms with E-state index in [0.29, 0.717) is 45.1 Å². The minimum atomic E-state index is -0.676. The van der Waals surface area contributed by atoms with Crippen LogP contribution >= 0.6 is 0 Å². The van der Waals surface area contributed by atoms with Crippen LogP contribution in [0.15, 0.2) is 65.1 Å². The molecule has 0 aliphatic rings. The van der Waals surface area contributed by atoms with Gasteiger partial charge < -0.3 is 23.9 Å². The van der Waals surface area contributed by atoms with Crippen molar-refractivity contribution in [1.82, 2.24) is 5.32 Å². The lowest BCUT2D eigenvalue weighted by molar-refractivity contribution is 0.101. The Morgan fingerprint density at radius 3 is 2.18 bits per heavy atom. The first-order valence-electron chi connectivity index (χ1n) is 9.98. The molecule has 0 aliphatic carbocycles. The number of amides is 1. The standard InChI is InChI=1S/C25H20FNO6/c1-14(28)19-12-22-20(13-21(19)30-3)24(33-25(29)27-2)23(32-22)15-4-8-17(9-5-15)31-18-10-6-16(26)7-11-18/h4-13H,1-3H3,(H,27,29). The van der Waals surface area contributed by atoms with Crippen molar-refractivity contribution in [3.05, 3.63) is 72.0 Å². The van der Waals surface area contributed by atoms with Gasteiger partial charge in [0.1, 0.15) is 28.6 Å². The number of hydrogen-bond donors (Lipinski definition) is 1. The third-order valence-electron chi connectivity index (χ3n) is 4.91.